The SMILES string of the molecule is CCC(N)C(=O)Nc1ccc(Cl)cc1C. The Kier molecular flexibility index (Phi) is 4.12. The summed E-state index contributed by atoms with van der Waals surface area (Å²) in [5, 5.41) is 3.42. The molecule has 1 amide bonds. The lowest BCUT2D eigenvalue weighted by atomic mass is 10.1. The maximum atomic E-state index is 11.5. The minimum Gasteiger partial charge on any atom is -0.324 e. The van der Waals surface area contributed by atoms with Gasteiger partial charge in [-0.1, -0.05) is 18.5 Å². The predicted octanol–water partition coefficient (Wildman–Crippen LogP) is 2.32. The highest BCUT2D eigenvalue weighted by Crippen LogP contribution is 2.19. The smallest absolute Gasteiger partial charge is 0.241 e. The van der Waals surface area contributed by atoms with Crippen molar-refractivity contribution in [2.45, 2.75) is 26.3 Å². The van der Waals surface area contributed by atoms with Gasteiger partial charge in [0.25, 0.3) is 0 Å². The molecule has 3 N–H and O–H groups in total. The number of rotatable bonds is 3. The number of aryl methyl sites for hydroxylation is 1. The van der Waals surface area contributed by atoms with Gasteiger partial charge in [-0.25, -0.2) is 0 Å². The summed E-state index contributed by atoms with van der Waals surface area (Å²) in [5.41, 5.74) is 7.29. The average Bonchev–Trinajstić information content (AvgIpc) is 2.20. The Labute approximate surface area is 94.6 Å². The predicted molar refractivity (Wildman–Crippen MR) is 63.1 cm³/mol. The minimum absolute atomic E-state index is 0.164. The van der Waals surface area contributed by atoms with Gasteiger partial charge in [-0.05, 0) is 37.1 Å². The first-order chi connectivity index (χ1) is 7.04. The van der Waals surface area contributed by atoms with Crippen molar-refractivity contribution < 1.29 is 4.79 Å². The van der Waals surface area contributed by atoms with Crippen LogP contribution in [0.4, 0.5) is 5.69 Å². The molecule has 0 bridgehead atoms. The first-order valence-corrected chi connectivity index (χ1v) is 5.25. The van der Waals surface area contributed by atoms with Crippen LogP contribution in [0.5, 0.6) is 0 Å². The number of halogens is 1. The van der Waals surface area contributed by atoms with Crippen molar-refractivity contribution in [2.75, 3.05) is 5.32 Å². The van der Waals surface area contributed by atoms with Crippen LogP contribution in [-0.4, -0.2) is 11.9 Å². The number of carbonyl (C=O) groups is 1. The van der Waals surface area contributed by atoms with E-state index < -0.39 is 6.04 Å². The molecule has 0 aliphatic carbocycles. The van der Waals surface area contributed by atoms with Crippen LogP contribution in [0.15, 0.2) is 18.2 Å². The van der Waals surface area contributed by atoms with Crippen molar-refractivity contribution in [3.8, 4) is 0 Å². The Morgan fingerprint density at radius 3 is 2.80 bits per heavy atom. The third kappa shape index (κ3) is 3.22. The number of amides is 1. The number of hydrogen-bond donors (Lipinski definition) is 2. The van der Waals surface area contributed by atoms with E-state index in [-0.39, 0.29) is 5.91 Å². The van der Waals surface area contributed by atoms with Gasteiger partial charge in [-0.3, -0.25) is 4.79 Å². The van der Waals surface area contributed by atoms with Gasteiger partial charge in [-0.2, -0.15) is 0 Å². The highest BCUT2D eigenvalue weighted by Gasteiger charge is 2.11. The van der Waals surface area contributed by atoms with Gasteiger partial charge in [0.1, 0.15) is 0 Å². The molecular weight excluding hydrogens is 212 g/mol. The maximum Gasteiger partial charge on any atom is 0.241 e. The molecule has 1 unspecified atom stereocenters. The standard InChI is InChI=1S/C11H15ClN2O/c1-3-9(13)11(15)14-10-5-4-8(12)6-7(10)2/h4-6,9H,3,13H2,1-2H3,(H,14,15). The van der Waals surface area contributed by atoms with E-state index >= 15 is 0 Å². The molecular formula is C11H15ClN2O. The van der Waals surface area contributed by atoms with Crippen molar-refractivity contribution >= 4 is 23.2 Å². The fraction of sp³-hybridized carbons (Fsp3) is 0.364. The monoisotopic (exact) mass is 226 g/mol. The van der Waals surface area contributed by atoms with Gasteiger partial charge < -0.3 is 11.1 Å². The van der Waals surface area contributed by atoms with Crippen LogP contribution in [0.1, 0.15) is 18.9 Å². The molecule has 4 heteroatoms. The number of nitrogens with two attached hydrogens (primary N) is 1. The van der Waals surface area contributed by atoms with Crippen LogP contribution in [0, 0.1) is 6.92 Å². The second kappa shape index (κ2) is 5.14. The van der Waals surface area contributed by atoms with E-state index in [0.29, 0.717) is 11.4 Å². The average molecular weight is 227 g/mol. The molecule has 1 rings (SSSR count). The van der Waals surface area contributed by atoms with Crippen molar-refractivity contribution in [1.29, 1.82) is 0 Å². The molecule has 0 fully saturated rings. The summed E-state index contributed by atoms with van der Waals surface area (Å²) >= 11 is 5.81. The summed E-state index contributed by atoms with van der Waals surface area (Å²) in [6.07, 6.45) is 0.623. The Bertz CT molecular complexity index is 366. The van der Waals surface area contributed by atoms with Crippen molar-refractivity contribution in [2.24, 2.45) is 5.73 Å². The highest BCUT2D eigenvalue weighted by molar-refractivity contribution is 6.30. The maximum absolute atomic E-state index is 11.5. The number of anilines is 1. The first-order valence-electron chi connectivity index (χ1n) is 4.87. The van der Waals surface area contributed by atoms with E-state index in [0.717, 1.165) is 11.3 Å². The van der Waals surface area contributed by atoms with Gasteiger partial charge in [0.05, 0.1) is 6.04 Å². The summed E-state index contributed by atoms with van der Waals surface area (Å²) < 4.78 is 0. The van der Waals surface area contributed by atoms with E-state index in [1.165, 1.54) is 0 Å². The van der Waals surface area contributed by atoms with Gasteiger partial charge in [0.15, 0.2) is 0 Å². The molecule has 0 aliphatic heterocycles. The summed E-state index contributed by atoms with van der Waals surface area (Å²) in [5.74, 6) is -0.164. The number of hydrogen-bond acceptors (Lipinski definition) is 2. The Hall–Kier alpha value is -1.06. The second-order valence-electron chi connectivity index (χ2n) is 3.46. The lowest BCUT2D eigenvalue weighted by Crippen LogP contribution is -2.34. The molecule has 1 aromatic carbocycles. The van der Waals surface area contributed by atoms with Gasteiger partial charge in [0, 0.05) is 10.7 Å². The number of nitrogens with one attached hydrogen (secondary N) is 1. The summed E-state index contributed by atoms with van der Waals surface area (Å²) in [4.78, 5) is 11.5. The van der Waals surface area contributed by atoms with Crippen molar-refractivity contribution in [3.63, 3.8) is 0 Å². The lowest BCUT2D eigenvalue weighted by molar-refractivity contribution is -0.117. The number of carbonyl (C=O) groups excluding carboxylic acids is 1. The van der Waals surface area contributed by atoms with E-state index in [9.17, 15) is 4.79 Å². The largest absolute Gasteiger partial charge is 0.324 e. The molecule has 0 aromatic heterocycles. The zero-order chi connectivity index (χ0) is 11.4. The molecule has 0 saturated carbocycles. The third-order valence-electron chi connectivity index (χ3n) is 2.22. The van der Waals surface area contributed by atoms with Crippen LogP contribution in [-0.2, 0) is 4.79 Å². The topological polar surface area (TPSA) is 55.1 Å². The molecule has 0 saturated heterocycles. The molecule has 1 atom stereocenters. The van der Waals surface area contributed by atoms with E-state index in [4.69, 9.17) is 17.3 Å². The quantitative estimate of drug-likeness (QED) is 0.831. The molecule has 0 radical (unpaired) electrons. The van der Waals surface area contributed by atoms with E-state index in [1.54, 1.807) is 18.2 Å². The van der Waals surface area contributed by atoms with Crippen LogP contribution >= 0.6 is 11.6 Å². The second-order valence-corrected chi connectivity index (χ2v) is 3.90. The van der Waals surface area contributed by atoms with Gasteiger partial charge in [-0.15, -0.1) is 0 Å². The summed E-state index contributed by atoms with van der Waals surface area (Å²) in [7, 11) is 0. The van der Waals surface area contributed by atoms with Crippen LogP contribution < -0.4 is 11.1 Å². The van der Waals surface area contributed by atoms with Crippen LogP contribution in [0.25, 0.3) is 0 Å². The van der Waals surface area contributed by atoms with Crippen LogP contribution in [0.3, 0.4) is 0 Å². The fourth-order valence-electron chi connectivity index (χ4n) is 1.18. The summed E-state index contributed by atoms with van der Waals surface area (Å²) in [6, 6.07) is 4.86. The molecule has 82 valence electrons. The molecule has 3 nitrogen and oxygen atoms in total. The molecule has 0 spiro atoms. The minimum atomic E-state index is -0.458. The number of benzene rings is 1. The Morgan fingerprint density at radius 2 is 2.27 bits per heavy atom. The first kappa shape index (κ1) is 12.0. The molecule has 0 heterocycles. The van der Waals surface area contributed by atoms with Crippen molar-refractivity contribution in [3.05, 3.63) is 28.8 Å². The Balaban J connectivity index is 2.77. The van der Waals surface area contributed by atoms with E-state index in [1.807, 2.05) is 13.8 Å². The normalized spacial score (nSPS) is 12.3. The Morgan fingerprint density at radius 1 is 1.60 bits per heavy atom. The zero-order valence-corrected chi connectivity index (χ0v) is 9.64. The molecule has 1 aromatic rings. The van der Waals surface area contributed by atoms with Gasteiger partial charge in [0.2, 0.25) is 5.91 Å². The molecule has 15 heavy (non-hydrogen) atoms. The summed E-state index contributed by atoms with van der Waals surface area (Å²) in [6.45, 7) is 3.76. The zero-order valence-electron chi connectivity index (χ0n) is 8.88. The highest BCUT2D eigenvalue weighted by atomic mass is 35.5. The van der Waals surface area contributed by atoms with Crippen LogP contribution in [0.2, 0.25) is 5.02 Å². The fourth-order valence-corrected chi connectivity index (χ4v) is 1.40. The third-order valence-corrected chi connectivity index (χ3v) is 2.46. The van der Waals surface area contributed by atoms with Crippen molar-refractivity contribution in [1.82, 2.24) is 0 Å². The molecule has 0 aliphatic rings. The van der Waals surface area contributed by atoms with Gasteiger partial charge >= 0.3 is 0 Å². The van der Waals surface area contributed by atoms with E-state index in [2.05, 4.69) is 5.32 Å². The lowest BCUT2D eigenvalue weighted by Gasteiger charge is -2.12.